The predicted molar refractivity (Wildman–Crippen MR) is 117 cm³/mol. The van der Waals surface area contributed by atoms with Crippen molar-refractivity contribution in [3.05, 3.63) is 81.9 Å². The molecule has 1 aliphatic rings. The Kier molecular flexibility index (Phi) is 6.41. The van der Waals surface area contributed by atoms with Gasteiger partial charge in [-0.05, 0) is 48.9 Å². The maximum Gasteiger partial charge on any atom is 0.359 e. The number of esters is 1. The highest BCUT2D eigenvalue weighted by molar-refractivity contribution is 6.30. The minimum atomic E-state index is -0.523. The Morgan fingerprint density at radius 3 is 2.56 bits per heavy atom. The third kappa shape index (κ3) is 4.60. The van der Waals surface area contributed by atoms with Gasteiger partial charge in [0.2, 0.25) is 0 Å². The molecule has 0 bridgehead atoms. The van der Waals surface area contributed by atoms with Crippen LogP contribution in [0.4, 0.5) is 9.18 Å². The van der Waals surface area contributed by atoms with Crippen molar-refractivity contribution in [3.63, 3.8) is 0 Å². The second-order valence-electron chi connectivity index (χ2n) is 7.34. The van der Waals surface area contributed by atoms with Crippen LogP contribution in [0.25, 0.3) is 5.69 Å². The van der Waals surface area contributed by atoms with Crippen molar-refractivity contribution in [1.82, 2.24) is 20.0 Å². The van der Waals surface area contributed by atoms with Gasteiger partial charge in [0.15, 0.2) is 5.69 Å². The molecule has 1 aromatic heterocycles. The largest absolute Gasteiger partial charge is 0.461 e. The van der Waals surface area contributed by atoms with Gasteiger partial charge in [-0.25, -0.2) is 18.7 Å². The number of benzene rings is 2. The molecule has 7 nitrogen and oxygen atoms in total. The summed E-state index contributed by atoms with van der Waals surface area (Å²) in [6.07, 6.45) is 0.522. The quantitative estimate of drug-likeness (QED) is 0.586. The van der Waals surface area contributed by atoms with Gasteiger partial charge in [0.1, 0.15) is 5.82 Å². The Labute approximate surface area is 189 Å². The lowest BCUT2D eigenvalue weighted by Gasteiger charge is -2.28. The normalized spacial score (nSPS) is 12.9. The zero-order valence-corrected chi connectivity index (χ0v) is 18.2. The Balaban J connectivity index is 1.56. The summed E-state index contributed by atoms with van der Waals surface area (Å²) < 4.78 is 20.0. The summed E-state index contributed by atoms with van der Waals surface area (Å²) in [5.74, 6) is -0.849. The molecule has 2 aromatic carbocycles. The molecule has 0 unspecified atom stereocenters. The van der Waals surface area contributed by atoms with Crippen molar-refractivity contribution in [2.45, 2.75) is 26.4 Å². The molecule has 0 fully saturated rings. The molecule has 0 atom stereocenters. The lowest BCUT2D eigenvalue weighted by molar-refractivity contribution is 0.0516. The summed E-state index contributed by atoms with van der Waals surface area (Å²) in [7, 11) is 0. The van der Waals surface area contributed by atoms with Crippen LogP contribution < -0.4 is 5.32 Å². The summed E-state index contributed by atoms with van der Waals surface area (Å²) in [5.41, 5.74) is 3.29. The highest BCUT2D eigenvalue weighted by atomic mass is 35.5. The van der Waals surface area contributed by atoms with E-state index in [-0.39, 0.29) is 37.2 Å². The Morgan fingerprint density at radius 1 is 1.16 bits per heavy atom. The van der Waals surface area contributed by atoms with Crippen LogP contribution in [-0.2, 0) is 24.2 Å². The van der Waals surface area contributed by atoms with Gasteiger partial charge in [0, 0.05) is 30.1 Å². The molecule has 32 heavy (non-hydrogen) atoms. The fourth-order valence-electron chi connectivity index (χ4n) is 3.64. The molecule has 0 saturated carbocycles. The van der Waals surface area contributed by atoms with Crippen LogP contribution in [0.3, 0.4) is 0 Å². The number of hydrogen-bond donors (Lipinski definition) is 1. The number of halogens is 2. The van der Waals surface area contributed by atoms with E-state index in [9.17, 15) is 14.0 Å². The molecular weight excluding hydrogens is 435 g/mol. The number of amides is 2. The Morgan fingerprint density at radius 2 is 1.88 bits per heavy atom. The van der Waals surface area contributed by atoms with Gasteiger partial charge in [0.25, 0.3) is 0 Å². The van der Waals surface area contributed by atoms with Gasteiger partial charge < -0.3 is 15.0 Å². The van der Waals surface area contributed by atoms with E-state index in [0.717, 1.165) is 16.9 Å². The fourth-order valence-corrected chi connectivity index (χ4v) is 3.77. The van der Waals surface area contributed by atoms with E-state index >= 15 is 0 Å². The van der Waals surface area contributed by atoms with Crippen LogP contribution >= 0.6 is 11.6 Å². The Bertz CT molecular complexity index is 1130. The van der Waals surface area contributed by atoms with Crippen molar-refractivity contribution < 1.29 is 18.7 Å². The fraction of sp³-hybridized carbons (Fsp3) is 0.261. The average molecular weight is 457 g/mol. The molecule has 2 heterocycles. The third-order valence-electron chi connectivity index (χ3n) is 5.24. The number of nitrogens with one attached hydrogen (secondary N) is 1. The number of hydrogen-bond acceptors (Lipinski definition) is 4. The van der Waals surface area contributed by atoms with E-state index in [1.165, 1.54) is 12.1 Å². The number of ether oxygens (including phenoxy) is 1. The van der Waals surface area contributed by atoms with Gasteiger partial charge in [0.05, 0.1) is 24.5 Å². The number of rotatable bonds is 5. The van der Waals surface area contributed by atoms with Crippen molar-refractivity contribution >= 4 is 23.6 Å². The minimum Gasteiger partial charge on any atom is -0.461 e. The second-order valence-corrected chi connectivity index (χ2v) is 7.78. The minimum absolute atomic E-state index is 0.202. The summed E-state index contributed by atoms with van der Waals surface area (Å²) in [6, 6.07) is 12.8. The SMILES string of the molecule is CCOC(=O)c1nn(-c2ccc(Cl)cc2)c2c1CN(C(=O)NCc1ccc(F)cc1)CC2. The molecule has 3 aromatic rings. The number of urea groups is 1. The third-order valence-corrected chi connectivity index (χ3v) is 5.49. The summed E-state index contributed by atoms with van der Waals surface area (Å²) in [6.45, 7) is 2.92. The van der Waals surface area contributed by atoms with Crippen molar-refractivity contribution in [2.24, 2.45) is 0 Å². The summed E-state index contributed by atoms with van der Waals surface area (Å²) in [4.78, 5) is 26.9. The highest BCUT2D eigenvalue weighted by Gasteiger charge is 2.31. The molecule has 4 rings (SSSR count). The lowest BCUT2D eigenvalue weighted by Crippen LogP contribution is -2.42. The van der Waals surface area contributed by atoms with E-state index in [2.05, 4.69) is 10.4 Å². The van der Waals surface area contributed by atoms with Crippen LogP contribution in [-0.4, -0.2) is 39.8 Å². The van der Waals surface area contributed by atoms with Crippen molar-refractivity contribution in [1.29, 1.82) is 0 Å². The van der Waals surface area contributed by atoms with Gasteiger partial charge in [-0.15, -0.1) is 0 Å². The zero-order valence-electron chi connectivity index (χ0n) is 17.5. The van der Waals surface area contributed by atoms with E-state index < -0.39 is 5.97 Å². The monoisotopic (exact) mass is 456 g/mol. The van der Waals surface area contributed by atoms with E-state index in [1.54, 1.807) is 40.8 Å². The van der Waals surface area contributed by atoms with Crippen LogP contribution in [0.1, 0.15) is 34.2 Å². The van der Waals surface area contributed by atoms with E-state index in [4.69, 9.17) is 16.3 Å². The van der Waals surface area contributed by atoms with E-state index in [1.807, 2.05) is 12.1 Å². The topological polar surface area (TPSA) is 76.5 Å². The molecule has 1 N–H and O–H groups in total. The van der Waals surface area contributed by atoms with Gasteiger partial charge in [-0.1, -0.05) is 23.7 Å². The first-order chi connectivity index (χ1) is 15.5. The van der Waals surface area contributed by atoms with Crippen molar-refractivity contribution in [3.8, 4) is 5.69 Å². The summed E-state index contributed by atoms with van der Waals surface area (Å²) >= 11 is 6.00. The smallest absolute Gasteiger partial charge is 0.359 e. The molecule has 1 aliphatic heterocycles. The first-order valence-corrected chi connectivity index (χ1v) is 10.6. The molecular formula is C23H22ClFN4O3. The second kappa shape index (κ2) is 9.40. The van der Waals surface area contributed by atoms with Crippen LogP contribution in [0, 0.1) is 5.82 Å². The lowest BCUT2D eigenvalue weighted by atomic mass is 10.0. The first kappa shape index (κ1) is 21.8. The average Bonchev–Trinajstić information content (AvgIpc) is 3.18. The summed E-state index contributed by atoms with van der Waals surface area (Å²) in [5, 5.41) is 7.96. The number of carbonyl (C=O) groups excluding carboxylic acids is 2. The zero-order chi connectivity index (χ0) is 22.7. The van der Waals surface area contributed by atoms with Gasteiger partial charge >= 0.3 is 12.0 Å². The number of aromatic nitrogens is 2. The molecule has 2 amide bonds. The maximum atomic E-state index is 13.1. The van der Waals surface area contributed by atoms with E-state index in [0.29, 0.717) is 23.6 Å². The molecule has 166 valence electrons. The molecule has 0 saturated heterocycles. The van der Waals surface area contributed by atoms with Gasteiger partial charge in [-0.3, -0.25) is 0 Å². The van der Waals surface area contributed by atoms with Gasteiger partial charge in [-0.2, -0.15) is 5.10 Å². The highest BCUT2D eigenvalue weighted by Crippen LogP contribution is 2.27. The van der Waals surface area contributed by atoms with Crippen LogP contribution in [0.5, 0.6) is 0 Å². The number of nitrogens with zero attached hydrogens (tertiary/aromatic N) is 3. The van der Waals surface area contributed by atoms with Crippen molar-refractivity contribution in [2.75, 3.05) is 13.2 Å². The number of carbonyl (C=O) groups is 2. The molecule has 9 heteroatoms. The maximum absolute atomic E-state index is 13.1. The Hall–Kier alpha value is -3.39. The predicted octanol–water partition coefficient (Wildman–Crippen LogP) is 4.11. The molecule has 0 radical (unpaired) electrons. The molecule has 0 spiro atoms. The first-order valence-electron chi connectivity index (χ1n) is 10.3. The van der Waals surface area contributed by atoms with Crippen LogP contribution in [0.15, 0.2) is 48.5 Å². The number of fused-ring (bicyclic) bond motifs is 1. The molecule has 0 aliphatic carbocycles. The van der Waals surface area contributed by atoms with Crippen LogP contribution in [0.2, 0.25) is 5.02 Å². The standard InChI is InChI=1S/C23H22ClFN4O3/c1-2-32-22(30)21-19-14-28(23(31)26-13-15-3-7-17(25)8-4-15)12-11-20(19)29(27-21)18-9-5-16(24)6-10-18/h3-10H,2,11-14H2,1H3,(H,26,31).